The molecule has 5 heteroatoms. The summed E-state index contributed by atoms with van der Waals surface area (Å²) in [6.07, 6.45) is 6.90. The molecule has 0 spiro atoms. The van der Waals surface area contributed by atoms with Crippen molar-refractivity contribution in [3.63, 3.8) is 0 Å². The van der Waals surface area contributed by atoms with E-state index in [9.17, 15) is 4.79 Å². The molecule has 3 heterocycles. The second-order valence-corrected chi connectivity index (χ2v) is 6.20. The molecular formula is C21H18N4O. The fourth-order valence-corrected chi connectivity index (χ4v) is 3.11. The van der Waals surface area contributed by atoms with Crippen LogP contribution in [-0.2, 0) is 4.79 Å². The zero-order valence-corrected chi connectivity index (χ0v) is 14.4. The summed E-state index contributed by atoms with van der Waals surface area (Å²) in [6, 6.07) is 13.6. The van der Waals surface area contributed by atoms with Gasteiger partial charge in [0.05, 0.1) is 0 Å². The Balaban J connectivity index is 1.73. The van der Waals surface area contributed by atoms with Crippen LogP contribution in [-0.4, -0.2) is 22.4 Å². The van der Waals surface area contributed by atoms with Gasteiger partial charge in [-0.2, -0.15) is 0 Å². The van der Waals surface area contributed by atoms with Gasteiger partial charge in [-0.25, -0.2) is 0 Å². The van der Waals surface area contributed by atoms with Crippen LogP contribution in [0.1, 0.15) is 12.5 Å². The maximum Gasteiger partial charge on any atom is 0.256 e. The van der Waals surface area contributed by atoms with Gasteiger partial charge >= 0.3 is 0 Å². The van der Waals surface area contributed by atoms with Gasteiger partial charge in [-0.3, -0.25) is 14.8 Å². The second-order valence-electron chi connectivity index (χ2n) is 6.20. The molecule has 0 saturated carbocycles. The lowest BCUT2D eigenvalue weighted by Crippen LogP contribution is -2.21. The van der Waals surface area contributed by atoms with E-state index in [1.807, 2.05) is 43.5 Å². The maximum atomic E-state index is 13.0. The van der Waals surface area contributed by atoms with Gasteiger partial charge < -0.3 is 10.6 Å². The fourth-order valence-electron chi connectivity index (χ4n) is 3.11. The maximum absolute atomic E-state index is 13.0. The summed E-state index contributed by atoms with van der Waals surface area (Å²) in [5, 5.41) is 6.34. The van der Waals surface area contributed by atoms with Crippen LogP contribution >= 0.6 is 0 Å². The van der Waals surface area contributed by atoms with Crippen molar-refractivity contribution in [1.82, 2.24) is 9.97 Å². The van der Waals surface area contributed by atoms with Crippen LogP contribution in [0, 0.1) is 0 Å². The number of rotatable bonds is 3. The summed E-state index contributed by atoms with van der Waals surface area (Å²) < 4.78 is 0. The van der Waals surface area contributed by atoms with Crippen molar-refractivity contribution < 1.29 is 4.79 Å². The van der Waals surface area contributed by atoms with Crippen LogP contribution in [0.3, 0.4) is 0 Å². The first-order valence-corrected chi connectivity index (χ1v) is 8.42. The summed E-state index contributed by atoms with van der Waals surface area (Å²) in [5.41, 5.74) is 6.36. The van der Waals surface area contributed by atoms with E-state index in [-0.39, 0.29) is 5.91 Å². The first-order valence-electron chi connectivity index (χ1n) is 8.42. The van der Waals surface area contributed by atoms with Gasteiger partial charge in [-0.05, 0) is 48.4 Å². The third-order valence-electron chi connectivity index (χ3n) is 4.42. The molecule has 4 rings (SSSR count). The number of amides is 1. The van der Waals surface area contributed by atoms with E-state index >= 15 is 0 Å². The molecule has 1 aliphatic rings. The van der Waals surface area contributed by atoms with E-state index in [2.05, 4.69) is 20.6 Å². The number of benzene rings is 1. The third-order valence-corrected chi connectivity index (χ3v) is 4.42. The molecule has 0 saturated heterocycles. The van der Waals surface area contributed by atoms with Gasteiger partial charge in [0, 0.05) is 59.4 Å². The normalized spacial score (nSPS) is 13.0. The Morgan fingerprint density at radius 2 is 1.88 bits per heavy atom. The summed E-state index contributed by atoms with van der Waals surface area (Å²) in [5.74, 6) is -0.111. The highest BCUT2D eigenvalue weighted by Crippen LogP contribution is 2.35. The molecule has 0 unspecified atom stereocenters. The van der Waals surface area contributed by atoms with Crippen molar-refractivity contribution in [2.45, 2.75) is 6.92 Å². The number of anilines is 2. The average Bonchev–Trinajstić information content (AvgIpc) is 2.69. The van der Waals surface area contributed by atoms with Crippen molar-refractivity contribution in [3.8, 4) is 11.1 Å². The summed E-state index contributed by atoms with van der Waals surface area (Å²) >= 11 is 0. The summed E-state index contributed by atoms with van der Waals surface area (Å²) in [4.78, 5) is 21.1. The van der Waals surface area contributed by atoms with E-state index in [0.29, 0.717) is 12.1 Å². The molecule has 1 aromatic carbocycles. The van der Waals surface area contributed by atoms with E-state index in [0.717, 1.165) is 33.6 Å². The Bertz CT molecular complexity index is 981. The first-order chi connectivity index (χ1) is 12.7. The van der Waals surface area contributed by atoms with Gasteiger partial charge in [0.15, 0.2) is 0 Å². The molecule has 1 amide bonds. The highest BCUT2D eigenvalue weighted by molar-refractivity contribution is 6.27. The predicted molar refractivity (Wildman–Crippen MR) is 104 cm³/mol. The minimum Gasteiger partial charge on any atom is -0.381 e. The molecule has 0 radical (unpaired) electrons. The smallest absolute Gasteiger partial charge is 0.256 e. The fraction of sp³-hybridized carbons (Fsp3) is 0.0952. The summed E-state index contributed by atoms with van der Waals surface area (Å²) in [6.45, 7) is 2.63. The van der Waals surface area contributed by atoms with Crippen molar-refractivity contribution in [2.75, 3.05) is 17.2 Å². The lowest BCUT2D eigenvalue weighted by Gasteiger charge is -2.23. The monoisotopic (exact) mass is 342 g/mol. The Hall–Kier alpha value is -3.47. The standard InChI is InChI=1S/C21H18N4O/c1-14-12-24-19-5-4-15(16-3-2-8-23-13-16)11-18(19)20(14)21(26)25-17-6-9-22-10-7-17/h2-11,13,24H,12H2,1H3,(H,22,25,26). The van der Waals surface area contributed by atoms with Gasteiger partial charge in [-0.1, -0.05) is 12.1 Å². The Morgan fingerprint density at radius 1 is 1.04 bits per heavy atom. The largest absolute Gasteiger partial charge is 0.381 e. The van der Waals surface area contributed by atoms with Gasteiger partial charge in [0.2, 0.25) is 0 Å². The number of hydrogen-bond acceptors (Lipinski definition) is 4. The number of carbonyl (C=O) groups excluding carboxylic acids is 1. The average molecular weight is 342 g/mol. The minimum atomic E-state index is -0.111. The molecule has 3 aromatic rings. The molecule has 2 aromatic heterocycles. The highest BCUT2D eigenvalue weighted by atomic mass is 16.1. The van der Waals surface area contributed by atoms with Crippen molar-refractivity contribution in [3.05, 3.63) is 78.4 Å². The Morgan fingerprint density at radius 3 is 2.65 bits per heavy atom. The quantitative estimate of drug-likeness (QED) is 0.755. The topological polar surface area (TPSA) is 66.9 Å². The van der Waals surface area contributed by atoms with Gasteiger partial charge in [-0.15, -0.1) is 0 Å². The molecule has 1 aliphatic heterocycles. The number of carbonyl (C=O) groups is 1. The zero-order chi connectivity index (χ0) is 17.9. The van der Waals surface area contributed by atoms with E-state index in [1.54, 1.807) is 30.7 Å². The van der Waals surface area contributed by atoms with Crippen LogP contribution < -0.4 is 10.6 Å². The van der Waals surface area contributed by atoms with Crippen LogP contribution in [0.5, 0.6) is 0 Å². The molecule has 5 nitrogen and oxygen atoms in total. The molecule has 2 N–H and O–H groups in total. The van der Waals surface area contributed by atoms with E-state index < -0.39 is 0 Å². The molecule has 0 aliphatic carbocycles. The molecule has 0 bridgehead atoms. The van der Waals surface area contributed by atoms with Gasteiger partial charge in [0.1, 0.15) is 0 Å². The molecule has 128 valence electrons. The number of fused-ring (bicyclic) bond motifs is 1. The van der Waals surface area contributed by atoms with Crippen LogP contribution in [0.2, 0.25) is 0 Å². The van der Waals surface area contributed by atoms with E-state index in [1.165, 1.54) is 0 Å². The lowest BCUT2D eigenvalue weighted by molar-refractivity contribution is -0.111. The Labute approximate surface area is 151 Å². The number of hydrogen-bond donors (Lipinski definition) is 2. The second kappa shape index (κ2) is 6.80. The SMILES string of the molecule is CC1=C(C(=O)Nc2ccncc2)c2cc(-c3cccnc3)ccc2NC1. The number of nitrogens with one attached hydrogen (secondary N) is 2. The number of aromatic nitrogens is 2. The molecule has 0 atom stereocenters. The Kier molecular flexibility index (Phi) is 4.19. The van der Waals surface area contributed by atoms with Crippen molar-refractivity contribution in [1.29, 1.82) is 0 Å². The number of pyridine rings is 2. The van der Waals surface area contributed by atoms with Crippen LogP contribution in [0.15, 0.2) is 72.8 Å². The highest BCUT2D eigenvalue weighted by Gasteiger charge is 2.23. The molecule has 0 fully saturated rings. The predicted octanol–water partition coefficient (Wildman–Crippen LogP) is 3.98. The van der Waals surface area contributed by atoms with E-state index in [4.69, 9.17) is 0 Å². The van der Waals surface area contributed by atoms with Crippen LogP contribution in [0.4, 0.5) is 11.4 Å². The first kappa shape index (κ1) is 16.0. The number of nitrogens with zero attached hydrogens (tertiary/aromatic N) is 2. The van der Waals surface area contributed by atoms with Crippen LogP contribution in [0.25, 0.3) is 16.7 Å². The lowest BCUT2D eigenvalue weighted by atomic mass is 9.92. The van der Waals surface area contributed by atoms with Crippen molar-refractivity contribution in [2.24, 2.45) is 0 Å². The summed E-state index contributed by atoms with van der Waals surface area (Å²) in [7, 11) is 0. The van der Waals surface area contributed by atoms with Crippen molar-refractivity contribution >= 4 is 22.9 Å². The van der Waals surface area contributed by atoms with Gasteiger partial charge in [0.25, 0.3) is 5.91 Å². The molecule has 26 heavy (non-hydrogen) atoms. The molecular weight excluding hydrogens is 324 g/mol. The minimum absolute atomic E-state index is 0.111. The zero-order valence-electron chi connectivity index (χ0n) is 14.4. The third kappa shape index (κ3) is 3.07.